The lowest BCUT2D eigenvalue weighted by Gasteiger charge is -2.49. The third-order valence-electron chi connectivity index (χ3n) is 14.0. The maximum absolute atomic E-state index is 12.3. The van der Waals surface area contributed by atoms with Crippen molar-refractivity contribution in [3.8, 4) is 11.5 Å². The zero-order valence-electron chi connectivity index (χ0n) is 36.8. The van der Waals surface area contributed by atoms with E-state index in [1.165, 1.54) is 38.5 Å². The molecule has 0 radical (unpaired) electrons. The van der Waals surface area contributed by atoms with Gasteiger partial charge in [0.1, 0.15) is 11.5 Å². The molecule has 1 fully saturated rings. The standard InChI is InChI=1S/C52H62B2N4O4/c1-5-9-13-33(7-3)31-61-39-25-21-37(22-26-39)53-55-43-17-11-15-35-19-29-41(49(57-53)45(35)43)47-51(59)48(52(47)60)42-30-20-36-16-12-18-44-46(36)50(42)58-54(56-44)38-23-27-40(28-24-38)62-32-34(8-4)14-10-6-2/h11-12,15-30,33-34,47-48,51-52,55-60H,5-10,13-14,31-32H2,1-4H3. The Balaban J connectivity index is 0.950. The van der Waals surface area contributed by atoms with Gasteiger partial charge in [0, 0.05) is 45.4 Å². The van der Waals surface area contributed by atoms with Gasteiger partial charge in [0.15, 0.2) is 0 Å². The number of anilines is 4. The Morgan fingerprint density at radius 2 is 0.935 bits per heavy atom. The third kappa shape index (κ3) is 8.20. The Morgan fingerprint density at radius 1 is 0.516 bits per heavy atom. The topological polar surface area (TPSA) is 107 Å². The number of aliphatic hydroxyl groups excluding tert-OH is 2. The minimum Gasteiger partial charge on any atom is -0.493 e. The van der Waals surface area contributed by atoms with Crippen LogP contribution in [0.2, 0.25) is 0 Å². The minimum absolute atomic E-state index is 0.210. The first-order valence-electron chi connectivity index (χ1n) is 23.4. The molecule has 0 saturated heterocycles. The predicted octanol–water partition coefficient (Wildman–Crippen LogP) is 10.3. The summed E-state index contributed by atoms with van der Waals surface area (Å²) in [5.41, 5.74) is 7.96. The van der Waals surface area contributed by atoms with Crippen molar-refractivity contribution in [3.05, 3.63) is 120 Å². The second-order valence-corrected chi connectivity index (χ2v) is 17.9. The van der Waals surface area contributed by atoms with Crippen LogP contribution in [0.3, 0.4) is 0 Å². The molecule has 0 spiro atoms. The zero-order valence-corrected chi connectivity index (χ0v) is 36.8. The molecule has 2 atom stereocenters. The number of ether oxygens (including phenoxy) is 2. The molecule has 9 rings (SSSR count). The molecule has 6 N–H and O–H groups in total. The quantitative estimate of drug-likeness (QED) is 0.0476. The number of rotatable bonds is 18. The maximum atomic E-state index is 12.3. The van der Waals surface area contributed by atoms with E-state index in [1.54, 1.807) is 0 Å². The fourth-order valence-corrected chi connectivity index (χ4v) is 10.1. The van der Waals surface area contributed by atoms with Gasteiger partial charge in [-0.2, -0.15) is 0 Å². The third-order valence-corrected chi connectivity index (χ3v) is 14.0. The van der Waals surface area contributed by atoms with Gasteiger partial charge < -0.3 is 40.6 Å². The van der Waals surface area contributed by atoms with Crippen LogP contribution in [0.4, 0.5) is 22.7 Å². The van der Waals surface area contributed by atoms with E-state index in [9.17, 15) is 10.2 Å². The number of unbranched alkanes of at least 4 members (excludes halogenated alkanes) is 2. The summed E-state index contributed by atoms with van der Waals surface area (Å²) in [4.78, 5) is 0. The highest BCUT2D eigenvalue weighted by atomic mass is 16.5. The highest BCUT2D eigenvalue weighted by molar-refractivity contribution is 6.81. The van der Waals surface area contributed by atoms with Crippen LogP contribution in [0.25, 0.3) is 21.5 Å². The molecule has 0 amide bonds. The summed E-state index contributed by atoms with van der Waals surface area (Å²) in [5, 5.41) is 43.9. The first-order chi connectivity index (χ1) is 30.4. The molecule has 6 aromatic rings. The molecule has 2 unspecified atom stereocenters. The number of nitrogens with one attached hydrogen (secondary N) is 4. The largest absolute Gasteiger partial charge is 0.493 e. The van der Waals surface area contributed by atoms with Crippen molar-refractivity contribution >= 4 is 69.2 Å². The zero-order chi connectivity index (χ0) is 42.7. The second-order valence-electron chi connectivity index (χ2n) is 17.9. The van der Waals surface area contributed by atoms with Crippen LogP contribution in [0.1, 0.15) is 102 Å². The van der Waals surface area contributed by atoms with Crippen LogP contribution >= 0.6 is 0 Å². The molecule has 320 valence electrons. The molecule has 2 aliphatic heterocycles. The molecule has 0 aromatic heterocycles. The highest BCUT2D eigenvalue weighted by Gasteiger charge is 2.53. The Bertz CT molecular complexity index is 2300. The molecule has 10 heteroatoms. The van der Waals surface area contributed by atoms with Gasteiger partial charge in [0.05, 0.1) is 25.4 Å². The summed E-state index contributed by atoms with van der Waals surface area (Å²) in [6.45, 7) is 10.0. The molecule has 8 nitrogen and oxygen atoms in total. The van der Waals surface area contributed by atoms with Gasteiger partial charge in [0.25, 0.3) is 0 Å². The summed E-state index contributed by atoms with van der Waals surface area (Å²) in [6, 6.07) is 37.8. The Hall–Kier alpha value is -5.31. The van der Waals surface area contributed by atoms with Crippen molar-refractivity contribution in [1.29, 1.82) is 0 Å². The van der Waals surface area contributed by atoms with Gasteiger partial charge in [-0.1, -0.05) is 139 Å². The van der Waals surface area contributed by atoms with Crippen molar-refractivity contribution in [1.82, 2.24) is 0 Å². The van der Waals surface area contributed by atoms with Gasteiger partial charge in [-0.3, -0.25) is 0 Å². The van der Waals surface area contributed by atoms with E-state index in [0.29, 0.717) is 11.8 Å². The monoisotopic (exact) mass is 828 g/mol. The summed E-state index contributed by atoms with van der Waals surface area (Å²) < 4.78 is 12.5. The van der Waals surface area contributed by atoms with Crippen LogP contribution < -0.4 is 41.3 Å². The van der Waals surface area contributed by atoms with Gasteiger partial charge in [-0.25, -0.2) is 0 Å². The number of aliphatic hydroxyl groups is 2. The highest BCUT2D eigenvalue weighted by Crippen LogP contribution is 2.54. The summed E-state index contributed by atoms with van der Waals surface area (Å²) in [5.74, 6) is 1.94. The van der Waals surface area contributed by atoms with Gasteiger partial charge in [-0.05, 0) is 93.9 Å². The molecule has 1 aliphatic carbocycles. The van der Waals surface area contributed by atoms with Crippen molar-refractivity contribution in [3.63, 3.8) is 0 Å². The number of hydrogen-bond donors (Lipinski definition) is 6. The van der Waals surface area contributed by atoms with Crippen molar-refractivity contribution in [2.24, 2.45) is 11.8 Å². The van der Waals surface area contributed by atoms with E-state index in [1.807, 2.05) is 0 Å². The van der Waals surface area contributed by atoms with Crippen LogP contribution in [0.5, 0.6) is 11.5 Å². The molecule has 0 bridgehead atoms. The van der Waals surface area contributed by atoms with E-state index in [-0.39, 0.29) is 14.0 Å². The SMILES string of the molecule is CCCCC(CC)COc1ccc(B2Nc3cccc4ccc(C5C(O)C(c6ccc7cccc8c7c6NB(c6ccc(OCC(CC)CCCC)cc6)N8)C5O)c(c34)N2)cc1. The molecule has 3 aliphatic rings. The van der Waals surface area contributed by atoms with Crippen LogP contribution in [-0.2, 0) is 0 Å². The Morgan fingerprint density at radius 3 is 1.32 bits per heavy atom. The van der Waals surface area contributed by atoms with Crippen molar-refractivity contribution in [2.75, 3.05) is 34.1 Å². The van der Waals surface area contributed by atoms with E-state index in [4.69, 9.17) is 9.47 Å². The Kier molecular flexibility index (Phi) is 12.6. The molecular formula is C52H62B2N4O4. The first-order valence-corrected chi connectivity index (χ1v) is 23.4. The summed E-state index contributed by atoms with van der Waals surface area (Å²) in [6.07, 6.45) is 7.90. The second kappa shape index (κ2) is 18.6. The average Bonchev–Trinajstić information content (AvgIpc) is 3.31. The molecule has 1 saturated carbocycles. The van der Waals surface area contributed by atoms with Crippen LogP contribution in [0.15, 0.2) is 109 Å². The van der Waals surface area contributed by atoms with E-state index in [0.717, 1.165) is 104 Å². The lowest BCUT2D eigenvalue weighted by molar-refractivity contribution is -0.0779. The summed E-state index contributed by atoms with van der Waals surface area (Å²) >= 11 is 0. The summed E-state index contributed by atoms with van der Waals surface area (Å²) in [7, 11) is 0. The molecule has 62 heavy (non-hydrogen) atoms. The smallest absolute Gasteiger partial charge is 0.406 e. The minimum atomic E-state index is -0.807. The number of hydrogen-bond acceptors (Lipinski definition) is 8. The maximum Gasteiger partial charge on any atom is 0.406 e. The van der Waals surface area contributed by atoms with Crippen LogP contribution in [-0.4, -0.2) is 49.6 Å². The molecule has 2 heterocycles. The van der Waals surface area contributed by atoms with E-state index in [2.05, 4.69) is 158 Å². The Labute approximate surface area is 368 Å². The molecular weight excluding hydrogens is 766 g/mol. The fraction of sp³-hybridized carbons (Fsp3) is 0.385. The van der Waals surface area contributed by atoms with Crippen LogP contribution in [0, 0.1) is 11.8 Å². The van der Waals surface area contributed by atoms with E-state index >= 15 is 0 Å². The normalized spacial score (nSPS) is 19.8. The number of benzene rings is 6. The first kappa shape index (κ1) is 42.0. The van der Waals surface area contributed by atoms with Gasteiger partial charge >= 0.3 is 14.0 Å². The average molecular weight is 829 g/mol. The predicted molar refractivity (Wildman–Crippen MR) is 261 cm³/mol. The van der Waals surface area contributed by atoms with E-state index < -0.39 is 24.0 Å². The van der Waals surface area contributed by atoms with Crippen molar-refractivity contribution in [2.45, 2.75) is 103 Å². The molecule has 6 aromatic carbocycles. The lowest BCUT2D eigenvalue weighted by Crippen LogP contribution is -2.54. The van der Waals surface area contributed by atoms with Gasteiger partial charge in [-0.15, -0.1) is 0 Å². The van der Waals surface area contributed by atoms with Crippen molar-refractivity contribution < 1.29 is 19.7 Å². The fourth-order valence-electron chi connectivity index (χ4n) is 10.1. The lowest BCUT2D eigenvalue weighted by atomic mass is 9.60. The van der Waals surface area contributed by atoms with Gasteiger partial charge in [0.2, 0.25) is 0 Å².